The maximum absolute atomic E-state index is 12.9. The van der Waals surface area contributed by atoms with Gasteiger partial charge >= 0.3 is 11.9 Å². The van der Waals surface area contributed by atoms with Crippen molar-refractivity contribution in [1.29, 1.82) is 0 Å². The Morgan fingerprint density at radius 1 is 0.917 bits per heavy atom. The zero-order chi connectivity index (χ0) is 26.2. The summed E-state index contributed by atoms with van der Waals surface area (Å²) in [6.45, 7) is 6.41. The van der Waals surface area contributed by atoms with Gasteiger partial charge in [0, 0.05) is 5.69 Å². The number of amides is 2. The predicted octanol–water partition coefficient (Wildman–Crippen LogP) is 4.09. The summed E-state index contributed by atoms with van der Waals surface area (Å²) >= 11 is 0. The number of hydrogen-bond donors (Lipinski definition) is 3. The summed E-state index contributed by atoms with van der Waals surface area (Å²) in [5, 5.41) is 5.53. The van der Waals surface area contributed by atoms with Gasteiger partial charge in [-0.25, -0.2) is 9.59 Å². The van der Waals surface area contributed by atoms with Gasteiger partial charge in [-0.15, -0.1) is 0 Å². The van der Waals surface area contributed by atoms with Crippen molar-refractivity contribution in [2.45, 2.75) is 33.7 Å². The summed E-state index contributed by atoms with van der Waals surface area (Å²) in [6.07, 6.45) is 0. The van der Waals surface area contributed by atoms with Crippen molar-refractivity contribution < 1.29 is 28.7 Å². The molecule has 36 heavy (non-hydrogen) atoms. The normalized spacial score (nSPS) is 11.3. The van der Waals surface area contributed by atoms with Gasteiger partial charge < -0.3 is 25.1 Å². The number of aromatic amines is 1. The van der Waals surface area contributed by atoms with Gasteiger partial charge in [0.1, 0.15) is 5.69 Å². The molecule has 2 aromatic carbocycles. The lowest BCUT2D eigenvalue weighted by Gasteiger charge is -2.16. The molecule has 0 fully saturated rings. The quantitative estimate of drug-likeness (QED) is 0.387. The summed E-state index contributed by atoms with van der Waals surface area (Å²) in [5.74, 6) is -2.31. The summed E-state index contributed by atoms with van der Waals surface area (Å²) in [4.78, 5) is 52.9. The number of anilines is 1. The SMILES string of the molecule is CCOC(=O)c1c(C)[nH]c(C(=O)OCC(=O)Nc2ccccc2C(=O)N[C@@H](C)c2ccccc2)c1C. The van der Waals surface area contributed by atoms with Gasteiger partial charge in [0.25, 0.3) is 11.8 Å². The van der Waals surface area contributed by atoms with E-state index in [0.29, 0.717) is 11.3 Å². The van der Waals surface area contributed by atoms with E-state index in [1.165, 1.54) is 0 Å². The van der Waals surface area contributed by atoms with Gasteiger partial charge in [0.05, 0.1) is 29.5 Å². The van der Waals surface area contributed by atoms with E-state index in [1.807, 2.05) is 37.3 Å². The number of carbonyl (C=O) groups excluding carboxylic acids is 4. The van der Waals surface area contributed by atoms with Crippen LogP contribution in [0.5, 0.6) is 0 Å². The lowest BCUT2D eigenvalue weighted by molar-refractivity contribution is -0.119. The van der Waals surface area contributed by atoms with E-state index < -0.39 is 24.5 Å². The highest BCUT2D eigenvalue weighted by Gasteiger charge is 2.24. The smallest absolute Gasteiger partial charge is 0.355 e. The Bertz CT molecular complexity index is 1270. The van der Waals surface area contributed by atoms with Gasteiger partial charge in [0.15, 0.2) is 6.61 Å². The Hall–Kier alpha value is -4.40. The van der Waals surface area contributed by atoms with Gasteiger partial charge in [0.2, 0.25) is 0 Å². The van der Waals surface area contributed by atoms with Crippen LogP contribution in [0.15, 0.2) is 54.6 Å². The van der Waals surface area contributed by atoms with E-state index in [0.717, 1.165) is 5.56 Å². The van der Waals surface area contributed by atoms with Crippen LogP contribution in [0.2, 0.25) is 0 Å². The number of hydrogen-bond acceptors (Lipinski definition) is 6. The zero-order valence-electron chi connectivity index (χ0n) is 20.6. The van der Waals surface area contributed by atoms with Gasteiger partial charge in [-0.05, 0) is 51.0 Å². The molecule has 0 radical (unpaired) electrons. The van der Waals surface area contributed by atoms with Crippen molar-refractivity contribution in [3.63, 3.8) is 0 Å². The molecule has 3 aromatic rings. The number of H-pyrrole nitrogens is 1. The van der Waals surface area contributed by atoms with Crippen molar-refractivity contribution in [2.75, 3.05) is 18.5 Å². The second kappa shape index (κ2) is 11.8. The van der Waals surface area contributed by atoms with Crippen LogP contribution in [-0.4, -0.2) is 42.0 Å². The van der Waals surface area contributed by atoms with E-state index in [1.54, 1.807) is 45.0 Å². The molecule has 0 aliphatic carbocycles. The van der Waals surface area contributed by atoms with Crippen molar-refractivity contribution in [3.05, 3.63) is 88.2 Å². The number of ether oxygens (including phenoxy) is 2. The number of nitrogens with one attached hydrogen (secondary N) is 3. The van der Waals surface area contributed by atoms with E-state index >= 15 is 0 Å². The van der Waals surface area contributed by atoms with Gasteiger partial charge in [-0.3, -0.25) is 9.59 Å². The zero-order valence-corrected chi connectivity index (χ0v) is 20.6. The summed E-state index contributed by atoms with van der Waals surface area (Å²) in [7, 11) is 0. The summed E-state index contributed by atoms with van der Waals surface area (Å²) < 4.78 is 10.2. The number of para-hydroxylation sites is 1. The highest BCUT2D eigenvalue weighted by molar-refractivity contribution is 6.05. The van der Waals surface area contributed by atoms with E-state index in [2.05, 4.69) is 15.6 Å². The van der Waals surface area contributed by atoms with Gasteiger partial charge in [-0.2, -0.15) is 0 Å². The molecular formula is C27H29N3O6. The Morgan fingerprint density at radius 2 is 1.58 bits per heavy atom. The molecule has 9 nitrogen and oxygen atoms in total. The van der Waals surface area contributed by atoms with Crippen LogP contribution >= 0.6 is 0 Å². The van der Waals surface area contributed by atoms with Crippen LogP contribution < -0.4 is 10.6 Å². The molecule has 3 rings (SSSR count). The van der Waals surface area contributed by atoms with Gasteiger partial charge in [-0.1, -0.05) is 42.5 Å². The van der Waals surface area contributed by atoms with Crippen LogP contribution in [0.3, 0.4) is 0 Å². The number of carbonyl (C=O) groups is 4. The minimum atomic E-state index is -0.788. The third-order valence-electron chi connectivity index (χ3n) is 5.55. The lowest BCUT2D eigenvalue weighted by Crippen LogP contribution is -2.28. The van der Waals surface area contributed by atoms with Crippen LogP contribution in [0.25, 0.3) is 0 Å². The molecule has 9 heteroatoms. The van der Waals surface area contributed by atoms with Crippen molar-refractivity contribution in [3.8, 4) is 0 Å². The molecule has 2 amide bonds. The largest absolute Gasteiger partial charge is 0.462 e. The Balaban J connectivity index is 1.63. The molecule has 0 unspecified atom stereocenters. The molecule has 1 atom stereocenters. The number of benzene rings is 2. The van der Waals surface area contributed by atoms with Crippen molar-refractivity contribution in [2.24, 2.45) is 0 Å². The molecule has 0 aliphatic rings. The van der Waals surface area contributed by atoms with E-state index in [4.69, 9.17) is 9.47 Å². The fourth-order valence-corrected chi connectivity index (χ4v) is 3.74. The van der Waals surface area contributed by atoms with Crippen LogP contribution in [-0.2, 0) is 14.3 Å². The molecule has 3 N–H and O–H groups in total. The first-order valence-corrected chi connectivity index (χ1v) is 11.5. The number of rotatable bonds is 9. The molecule has 0 bridgehead atoms. The first-order chi connectivity index (χ1) is 17.2. The summed E-state index contributed by atoms with van der Waals surface area (Å²) in [6, 6.07) is 15.8. The molecule has 0 saturated carbocycles. The highest BCUT2D eigenvalue weighted by Crippen LogP contribution is 2.21. The van der Waals surface area contributed by atoms with E-state index in [-0.39, 0.29) is 41.1 Å². The minimum absolute atomic E-state index is 0.0676. The molecular weight excluding hydrogens is 462 g/mol. The number of esters is 2. The number of aromatic nitrogens is 1. The monoisotopic (exact) mass is 491 g/mol. The van der Waals surface area contributed by atoms with Crippen LogP contribution in [0.4, 0.5) is 5.69 Å². The van der Waals surface area contributed by atoms with Crippen LogP contribution in [0, 0.1) is 13.8 Å². The average molecular weight is 492 g/mol. The topological polar surface area (TPSA) is 127 Å². The lowest BCUT2D eigenvalue weighted by atomic mass is 10.1. The van der Waals surface area contributed by atoms with E-state index in [9.17, 15) is 19.2 Å². The molecule has 188 valence electrons. The number of aryl methyl sites for hydroxylation is 1. The minimum Gasteiger partial charge on any atom is -0.462 e. The first-order valence-electron chi connectivity index (χ1n) is 11.5. The Kier molecular flexibility index (Phi) is 8.61. The van der Waals surface area contributed by atoms with Crippen LogP contribution in [0.1, 0.15) is 67.9 Å². The maximum Gasteiger partial charge on any atom is 0.355 e. The standard InChI is InChI=1S/C27H29N3O6/c1-5-35-26(33)23-16(2)24(28-18(23)4)27(34)36-15-22(31)30-21-14-10-9-13-20(21)25(32)29-17(3)19-11-7-6-8-12-19/h6-14,17,28H,5,15H2,1-4H3,(H,29,32)(H,30,31)/t17-/m0/s1. The Labute approximate surface area is 209 Å². The maximum atomic E-state index is 12.9. The average Bonchev–Trinajstić information content (AvgIpc) is 3.17. The molecule has 1 aromatic heterocycles. The molecule has 0 aliphatic heterocycles. The second-order valence-corrected chi connectivity index (χ2v) is 8.12. The molecule has 0 saturated heterocycles. The molecule has 0 spiro atoms. The van der Waals surface area contributed by atoms with Crippen molar-refractivity contribution >= 4 is 29.4 Å². The Morgan fingerprint density at radius 3 is 2.28 bits per heavy atom. The van der Waals surface area contributed by atoms with Crippen molar-refractivity contribution in [1.82, 2.24) is 10.3 Å². The first kappa shape index (κ1) is 26.2. The third-order valence-corrected chi connectivity index (χ3v) is 5.55. The summed E-state index contributed by atoms with van der Waals surface area (Å²) in [5.41, 5.74) is 2.68. The second-order valence-electron chi connectivity index (χ2n) is 8.12. The predicted molar refractivity (Wildman–Crippen MR) is 134 cm³/mol. The fraction of sp³-hybridized carbons (Fsp3) is 0.259. The molecule has 1 heterocycles. The fourth-order valence-electron chi connectivity index (χ4n) is 3.74. The highest BCUT2D eigenvalue weighted by atomic mass is 16.5. The third kappa shape index (κ3) is 6.18.